The summed E-state index contributed by atoms with van der Waals surface area (Å²) in [6, 6.07) is 5.87. The van der Waals surface area contributed by atoms with Gasteiger partial charge < -0.3 is 9.84 Å². The van der Waals surface area contributed by atoms with Crippen LogP contribution < -0.4 is 0 Å². The van der Waals surface area contributed by atoms with Crippen LogP contribution in [0.5, 0.6) is 0 Å². The van der Waals surface area contributed by atoms with Crippen molar-refractivity contribution in [1.82, 2.24) is 0 Å². The van der Waals surface area contributed by atoms with Crippen molar-refractivity contribution >= 4 is 11.5 Å². The second-order valence-corrected chi connectivity index (χ2v) is 3.74. The molecule has 0 aliphatic rings. The second kappa shape index (κ2) is 5.47. The first-order valence-corrected chi connectivity index (χ1v) is 5.04. The largest absolute Gasteiger partial charge is 0.478 e. The Morgan fingerprint density at radius 2 is 2.06 bits per heavy atom. The summed E-state index contributed by atoms with van der Waals surface area (Å²) in [6.07, 6.45) is 1.19. The Labute approximate surface area is 95.4 Å². The third-order valence-electron chi connectivity index (χ3n) is 2.48. The average molecular weight is 220 g/mol. The molecule has 0 spiro atoms. The molecule has 0 aliphatic heterocycles. The van der Waals surface area contributed by atoms with Gasteiger partial charge >= 0.3 is 5.97 Å². The third-order valence-corrected chi connectivity index (χ3v) is 2.48. The molecule has 0 aromatic heterocycles. The predicted molar refractivity (Wildman–Crippen MR) is 63.4 cm³/mol. The topological polar surface area (TPSA) is 46.5 Å². The summed E-state index contributed by atoms with van der Waals surface area (Å²) in [5.74, 6) is -0.953. The van der Waals surface area contributed by atoms with E-state index in [0.29, 0.717) is 12.2 Å². The number of hydrogen-bond acceptors (Lipinski definition) is 2. The lowest BCUT2D eigenvalue weighted by Crippen LogP contribution is -1.99. The zero-order chi connectivity index (χ0) is 12.1. The van der Waals surface area contributed by atoms with Crippen LogP contribution in [0.4, 0.5) is 0 Å². The summed E-state index contributed by atoms with van der Waals surface area (Å²) >= 11 is 0. The maximum absolute atomic E-state index is 10.7. The molecule has 0 unspecified atom stereocenters. The number of aliphatic carboxylic acids is 1. The van der Waals surface area contributed by atoms with Crippen molar-refractivity contribution in [3.05, 3.63) is 41.0 Å². The Morgan fingerprint density at radius 3 is 2.56 bits per heavy atom. The predicted octanol–water partition coefficient (Wildman–Crippen LogP) is 2.42. The SMILES string of the molecule is COC/C(=C\C(=O)O)c1ccc(C)c(C)c1. The molecule has 3 nitrogen and oxygen atoms in total. The molecule has 0 aliphatic carbocycles. The number of methoxy groups -OCH3 is 1. The first kappa shape index (κ1) is 12.5. The van der Waals surface area contributed by atoms with Gasteiger partial charge in [-0.3, -0.25) is 0 Å². The third kappa shape index (κ3) is 3.21. The van der Waals surface area contributed by atoms with E-state index in [4.69, 9.17) is 9.84 Å². The van der Waals surface area contributed by atoms with Crippen LogP contribution in [-0.4, -0.2) is 24.8 Å². The van der Waals surface area contributed by atoms with E-state index >= 15 is 0 Å². The number of aryl methyl sites for hydroxylation is 2. The summed E-state index contributed by atoms with van der Waals surface area (Å²) in [4.78, 5) is 10.7. The van der Waals surface area contributed by atoms with Crippen molar-refractivity contribution in [1.29, 1.82) is 0 Å². The van der Waals surface area contributed by atoms with Gasteiger partial charge in [0.2, 0.25) is 0 Å². The lowest BCUT2D eigenvalue weighted by atomic mass is 10.0. The van der Waals surface area contributed by atoms with Crippen molar-refractivity contribution in [2.75, 3.05) is 13.7 Å². The molecule has 3 heteroatoms. The lowest BCUT2D eigenvalue weighted by molar-refractivity contribution is -0.131. The minimum atomic E-state index is -0.953. The van der Waals surface area contributed by atoms with E-state index in [2.05, 4.69) is 0 Å². The number of carboxylic acids is 1. The quantitative estimate of drug-likeness (QED) is 0.793. The van der Waals surface area contributed by atoms with Gasteiger partial charge in [-0.15, -0.1) is 0 Å². The van der Waals surface area contributed by atoms with Crippen molar-refractivity contribution in [3.8, 4) is 0 Å². The summed E-state index contributed by atoms with van der Waals surface area (Å²) in [5, 5.41) is 8.76. The Balaban J connectivity index is 3.11. The van der Waals surface area contributed by atoms with Gasteiger partial charge in [-0.1, -0.05) is 18.2 Å². The van der Waals surface area contributed by atoms with E-state index in [0.717, 1.165) is 11.1 Å². The van der Waals surface area contributed by atoms with E-state index in [1.165, 1.54) is 11.6 Å². The molecule has 16 heavy (non-hydrogen) atoms. The first-order chi connectivity index (χ1) is 7.54. The van der Waals surface area contributed by atoms with Crippen LogP contribution in [0.25, 0.3) is 5.57 Å². The van der Waals surface area contributed by atoms with E-state index < -0.39 is 5.97 Å². The molecule has 0 radical (unpaired) electrons. The summed E-state index contributed by atoms with van der Waals surface area (Å²) in [6.45, 7) is 4.33. The summed E-state index contributed by atoms with van der Waals surface area (Å²) in [7, 11) is 1.55. The Morgan fingerprint density at radius 1 is 1.38 bits per heavy atom. The van der Waals surface area contributed by atoms with Gasteiger partial charge in [-0.05, 0) is 36.1 Å². The smallest absolute Gasteiger partial charge is 0.328 e. The minimum absolute atomic E-state index is 0.300. The maximum Gasteiger partial charge on any atom is 0.328 e. The van der Waals surface area contributed by atoms with Crippen molar-refractivity contribution in [2.45, 2.75) is 13.8 Å². The molecule has 1 aromatic carbocycles. The molecule has 0 amide bonds. The van der Waals surface area contributed by atoms with Crippen LogP contribution in [0, 0.1) is 13.8 Å². The molecule has 1 aromatic rings. The van der Waals surface area contributed by atoms with Crippen molar-refractivity contribution < 1.29 is 14.6 Å². The van der Waals surface area contributed by atoms with Crippen LogP contribution in [-0.2, 0) is 9.53 Å². The van der Waals surface area contributed by atoms with Gasteiger partial charge in [0.25, 0.3) is 0 Å². The Bertz CT molecular complexity index is 419. The molecule has 0 saturated heterocycles. The van der Waals surface area contributed by atoms with E-state index in [1.54, 1.807) is 7.11 Å². The minimum Gasteiger partial charge on any atom is -0.478 e. The first-order valence-electron chi connectivity index (χ1n) is 5.04. The van der Waals surface area contributed by atoms with Gasteiger partial charge in [-0.2, -0.15) is 0 Å². The number of benzene rings is 1. The van der Waals surface area contributed by atoms with Gasteiger partial charge in [0, 0.05) is 13.2 Å². The molecule has 0 fully saturated rings. The highest BCUT2D eigenvalue weighted by molar-refractivity contribution is 5.90. The number of rotatable bonds is 4. The number of carbonyl (C=O) groups is 1. The summed E-state index contributed by atoms with van der Waals surface area (Å²) < 4.78 is 5.00. The highest BCUT2D eigenvalue weighted by Crippen LogP contribution is 2.18. The molecule has 86 valence electrons. The Hall–Kier alpha value is -1.61. The van der Waals surface area contributed by atoms with Crippen LogP contribution in [0.15, 0.2) is 24.3 Å². The molecule has 0 bridgehead atoms. The van der Waals surface area contributed by atoms with Gasteiger partial charge in [0.15, 0.2) is 0 Å². The molecular formula is C13H16O3. The van der Waals surface area contributed by atoms with Crippen molar-refractivity contribution in [2.24, 2.45) is 0 Å². The standard InChI is InChI=1S/C13H16O3/c1-9-4-5-11(6-10(9)2)12(8-16-3)7-13(14)15/h4-7H,8H2,1-3H3,(H,14,15)/b12-7+. The average Bonchev–Trinajstić information content (AvgIpc) is 2.21. The molecular weight excluding hydrogens is 204 g/mol. The fraction of sp³-hybridized carbons (Fsp3) is 0.308. The van der Waals surface area contributed by atoms with Crippen LogP contribution >= 0.6 is 0 Å². The normalized spacial score (nSPS) is 11.6. The van der Waals surface area contributed by atoms with E-state index in [9.17, 15) is 4.79 Å². The van der Waals surface area contributed by atoms with Gasteiger partial charge in [0.05, 0.1) is 6.61 Å². The Kier molecular flexibility index (Phi) is 4.26. The highest BCUT2D eigenvalue weighted by atomic mass is 16.5. The number of hydrogen-bond donors (Lipinski definition) is 1. The molecule has 0 atom stereocenters. The van der Waals surface area contributed by atoms with Crippen LogP contribution in [0.3, 0.4) is 0 Å². The monoisotopic (exact) mass is 220 g/mol. The number of ether oxygens (including phenoxy) is 1. The van der Waals surface area contributed by atoms with Crippen LogP contribution in [0.2, 0.25) is 0 Å². The molecule has 0 heterocycles. The zero-order valence-corrected chi connectivity index (χ0v) is 9.78. The van der Waals surface area contributed by atoms with Gasteiger partial charge in [0.1, 0.15) is 0 Å². The fourth-order valence-corrected chi connectivity index (χ4v) is 1.45. The van der Waals surface area contributed by atoms with E-state index in [1.807, 2.05) is 32.0 Å². The molecule has 0 saturated carbocycles. The molecule has 1 N–H and O–H groups in total. The van der Waals surface area contributed by atoms with E-state index in [-0.39, 0.29) is 0 Å². The number of carboxylic acid groups (broad SMARTS) is 1. The lowest BCUT2D eigenvalue weighted by Gasteiger charge is -2.08. The fourth-order valence-electron chi connectivity index (χ4n) is 1.45. The van der Waals surface area contributed by atoms with Crippen molar-refractivity contribution in [3.63, 3.8) is 0 Å². The summed E-state index contributed by atoms with van der Waals surface area (Å²) in [5.41, 5.74) is 3.91. The second-order valence-electron chi connectivity index (χ2n) is 3.74. The molecule has 1 rings (SSSR count). The zero-order valence-electron chi connectivity index (χ0n) is 9.78. The maximum atomic E-state index is 10.7. The highest BCUT2D eigenvalue weighted by Gasteiger charge is 2.05. The van der Waals surface area contributed by atoms with Crippen LogP contribution in [0.1, 0.15) is 16.7 Å². The van der Waals surface area contributed by atoms with Gasteiger partial charge in [-0.25, -0.2) is 4.79 Å².